The van der Waals surface area contributed by atoms with Crippen LogP contribution in [0.1, 0.15) is 18.1 Å². The van der Waals surface area contributed by atoms with Crippen molar-refractivity contribution in [1.82, 2.24) is 0 Å². The molecule has 0 bridgehead atoms. The number of carbonyl (C=O) groups excluding carboxylic acids is 1. The molecular weight excluding hydrogens is 404 g/mol. The second-order valence-electron chi connectivity index (χ2n) is 6.48. The van der Waals surface area contributed by atoms with Crippen LogP contribution < -0.4 is 5.32 Å². The summed E-state index contributed by atoms with van der Waals surface area (Å²) in [6, 6.07) is 25.6. The fourth-order valence-corrected chi connectivity index (χ4v) is 6.34. The lowest BCUT2D eigenvalue weighted by atomic mass is 10.2. The van der Waals surface area contributed by atoms with Crippen LogP contribution in [0.15, 0.2) is 93.6 Å². The predicted molar refractivity (Wildman–Crippen MR) is 118 cm³/mol. The van der Waals surface area contributed by atoms with Crippen molar-refractivity contribution in [2.45, 2.75) is 23.3 Å². The van der Waals surface area contributed by atoms with Crippen molar-refractivity contribution in [3.8, 4) is 0 Å². The summed E-state index contributed by atoms with van der Waals surface area (Å²) in [4.78, 5) is 11.3. The van der Waals surface area contributed by atoms with Gasteiger partial charge in [0.1, 0.15) is 0 Å². The zero-order valence-electron chi connectivity index (χ0n) is 16.0. The first-order valence-electron chi connectivity index (χ1n) is 9.03. The topological polar surface area (TPSA) is 75.6 Å². The third kappa shape index (κ3) is 6.37. The Kier molecular flexibility index (Phi) is 6.95. The number of benzene rings is 3. The van der Waals surface area contributed by atoms with E-state index in [1.165, 1.54) is 19.1 Å². The molecule has 0 heterocycles. The summed E-state index contributed by atoms with van der Waals surface area (Å²) in [6.45, 7) is 1.40. The zero-order chi connectivity index (χ0) is 20.7. The van der Waals surface area contributed by atoms with Gasteiger partial charge in [0.2, 0.25) is 5.91 Å². The molecule has 29 heavy (non-hydrogen) atoms. The largest absolute Gasteiger partial charge is 0.326 e. The SMILES string of the molecule is CC(=O)Nc1ccc(S(=O)(=O)N=S(Cc2ccccc2)Cc2ccccc2)cc1. The van der Waals surface area contributed by atoms with E-state index in [4.69, 9.17) is 0 Å². The van der Waals surface area contributed by atoms with E-state index in [1.807, 2.05) is 60.7 Å². The number of nitrogens with one attached hydrogen (secondary N) is 1. The molecule has 0 aliphatic carbocycles. The molecule has 0 saturated heterocycles. The summed E-state index contributed by atoms with van der Waals surface area (Å²) < 4.78 is 30.1. The number of amides is 1. The van der Waals surface area contributed by atoms with Crippen LogP contribution in [0.25, 0.3) is 0 Å². The Hall–Kier alpha value is -2.77. The van der Waals surface area contributed by atoms with E-state index < -0.39 is 20.7 Å². The molecule has 0 spiro atoms. The fraction of sp³-hybridized carbons (Fsp3) is 0.136. The lowest BCUT2D eigenvalue weighted by Gasteiger charge is -2.10. The van der Waals surface area contributed by atoms with Gasteiger partial charge in [0.25, 0.3) is 10.0 Å². The number of rotatable bonds is 7. The standard InChI is InChI=1S/C22H22N2O3S2/c1-18(25)23-21-12-14-22(15-13-21)29(26,27)24-28(16-19-8-4-2-5-9-19)17-20-10-6-3-7-11-20/h2-15H,16-17H2,1H3,(H,23,25). The molecular formula is C22H22N2O3S2. The number of hydrogen-bond acceptors (Lipinski definition) is 3. The minimum absolute atomic E-state index is 0.116. The van der Waals surface area contributed by atoms with E-state index >= 15 is 0 Å². The van der Waals surface area contributed by atoms with Gasteiger partial charge in [-0.15, -0.1) is 3.77 Å². The van der Waals surface area contributed by atoms with Crippen LogP contribution in [0.3, 0.4) is 0 Å². The average molecular weight is 427 g/mol. The maximum absolute atomic E-state index is 12.9. The zero-order valence-corrected chi connectivity index (χ0v) is 17.6. The van der Waals surface area contributed by atoms with Gasteiger partial charge in [-0.1, -0.05) is 71.4 Å². The van der Waals surface area contributed by atoms with E-state index in [9.17, 15) is 13.2 Å². The van der Waals surface area contributed by atoms with Crippen molar-refractivity contribution in [3.63, 3.8) is 0 Å². The normalized spacial score (nSPS) is 11.2. The van der Waals surface area contributed by atoms with Crippen molar-refractivity contribution in [1.29, 1.82) is 0 Å². The van der Waals surface area contributed by atoms with Crippen LogP contribution in [0.5, 0.6) is 0 Å². The molecule has 0 atom stereocenters. The summed E-state index contributed by atoms with van der Waals surface area (Å²) in [6.07, 6.45) is 0. The van der Waals surface area contributed by atoms with Gasteiger partial charge in [0.15, 0.2) is 0 Å². The van der Waals surface area contributed by atoms with Gasteiger partial charge in [-0.3, -0.25) is 4.79 Å². The van der Waals surface area contributed by atoms with E-state index in [0.717, 1.165) is 11.1 Å². The van der Waals surface area contributed by atoms with Gasteiger partial charge in [-0.05, 0) is 35.4 Å². The highest BCUT2D eigenvalue weighted by molar-refractivity contribution is 7.99. The number of hydrogen-bond donors (Lipinski definition) is 1. The first-order chi connectivity index (χ1) is 13.9. The number of sulfonamides is 1. The fourth-order valence-electron chi connectivity index (χ4n) is 2.73. The first kappa shape index (κ1) is 21.0. The average Bonchev–Trinajstić information content (AvgIpc) is 2.69. The highest BCUT2D eigenvalue weighted by Gasteiger charge is 2.15. The first-order valence-corrected chi connectivity index (χ1v) is 12.0. The van der Waals surface area contributed by atoms with Crippen molar-refractivity contribution < 1.29 is 13.2 Å². The van der Waals surface area contributed by atoms with Crippen molar-refractivity contribution in [2.24, 2.45) is 3.77 Å². The molecule has 3 aromatic rings. The van der Waals surface area contributed by atoms with Crippen LogP contribution >= 0.6 is 0 Å². The second-order valence-corrected chi connectivity index (χ2v) is 10.00. The van der Waals surface area contributed by atoms with E-state index in [2.05, 4.69) is 9.08 Å². The van der Waals surface area contributed by atoms with Crippen molar-refractivity contribution in [3.05, 3.63) is 96.1 Å². The maximum atomic E-state index is 12.9. The molecule has 3 rings (SSSR count). The molecule has 0 aliphatic rings. The predicted octanol–water partition coefficient (Wildman–Crippen LogP) is 4.54. The summed E-state index contributed by atoms with van der Waals surface area (Å²) >= 11 is 0. The third-order valence-electron chi connectivity index (χ3n) is 4.03. The molecule has 0 saturated carbocycles. The monoisotopic (exact) mass is 426 g/mol. The summed E-state index contributed by atoms with van der Waals surface area (Å²) in [5.74, 6) is 0.898. The van der Waals surface area contributed by atoms with Crippen LogP contribution in [0.2, 0.25) is 0 Å². The molecule has 7 heteroatoms. The Morgan fingerprint density at radius 2 is 1.31 bits per heavy atom. The van der Waals surface area contributed by atoms with Crippen LogP contribution in [0, 0.1) is 0 Å². The van der Waals surface area contributed by atoms with E-state index in [-0.39, 0.29) is 10.8 Å². The molecule has 0 unspecified atom stereocenters. The lowest BCUT2D eigenvalue weighted by Crippen LogP contribution is -2.07. The lowest BCUT2D eigenvalue weighted by molar-refractivity contribution is -0.114. The Morgan fingerprint density at radius 1 is 0.828 bits per heavy atom. The maximum Gasteiger partial charge on any atom is 0.287 e. The molecule has 1 amide bonds. The van der Waals surface area contributed by atoms with Crippen molar-refractivity contribution >= 4 is 32.3 Å². The minimum atomic E-state index is -3.82. The number of nitrogens with zero attached hydrogens (tertiary/aromatic N) is 1. The van der Waals surface area contributed by atoms with E-state index in [1.54, 1.807) is 12.1 Å². The van der Waals surface area contributed by atoms with Crippen LogP contribution in [-0.4, -0.2) is 14.3 Å². The molecule has 150 valence electrons. The molecule has 0 fully saturated rings. The number of carbonyl (C=O) groups is 1. The van der Waals surface area contributed by atoms with Gasteiger partial charge in [0, 0.05) is 24.1 Å². The molecule has 0 radical (unpaired) electrons. The molecule has 3 aromatic carbocycles. The molecule has 1 N–H and O–H groups in total. The Labute approximate surface area is 174 Å². The summed E-state index contributed by atoms with van der Waals surface area (Å²) in [5.41, 5.74) is 2.64. The van der Waals surface area contributed by atoms with Crippen molar-refractivity contribution in [2.75, 3.05) is 5.32 Å². The molecule has 5 nitrogen and oxygen atoms in total. The smallest absolute Gasteiger partial charge is 0.287 e. The quantitative estimate of drug-likeness (QED) is 0.603. The highest BCUT2D eigenvalue weighted by Crippen LogP contribution is 2.20. The van der Waals surface area contributed by atoms with Gasteiger partial charge in [0.05, 0.1) is 4.90 Å². The van der Waals surface area contributed by atoms with Gasteiger partial charge < -0.3 is 5.32 Å². The molecule has 0 aromatic heterocycles. The Balaban J connectivity index is 1.91. The minimum Gasteiger partial charge on any atom is -0.326 e. The van der Waals surface area contributed by atoms with E-state index in [0.29, 0.717) is 17.2 Å². The summed E-state index contributed by atoms with van der Waals surface area (Å²) in [7, 11) is -4.56. The van der Waals surface area contributed by atoms with Gasteiger partial charge in [-0.25, -0.2) is 0 Å². The van der Waals surface area contributed by atoms with Gasteiger partial charge in [-0.2, -0.15) is 8.42 Å². The van der Waals surface area contributed by atoms with Crippen LogP contribution in [-0.2, 0) is 37.0 Å². The molecule has 0 aliphatic heterocycles. The number of anilines is 1. The Morgan fingerprint density at radius 3 is 1.76 bits per heavy atom. The summed E-state index contributed by atoms with van der Waals surface area (Å²) in [5, 5.41) is 2.63. The third-order valence-corrected chi connectivity index (χ3v) is 7.86. The van der Waals surface area contributed by atoms with Crippen LogP contribution in [0.4, 0.5) is 5.69 Å². The highest BCUT2D eigenvalue weighted by atomic mass is 32.3. The Bertz CT molecular complexity index is 1050. The second kappa shape index (κ2) is 9.62. The van der Waals surface area contributed by atoms with Gasteiger partial charge >= 0.3 is 0 Å².